The van der Waals surface area contributed by atoms with Crippen LogP contribution in [0.25, 0.3) is 0 Å². The summed E-state index contributed by atoms with van der Waals surface area (Å²) in [5.74, 6) is -0.644. The first-order valence-corrected chi connectivity index (χ1v) is 2.23. The zero-order chi connectivity index (χ0) is 6.57. The van der Waals surface area contributed by atoms with Gasteiger partial charge in [0.15, 0.2) is 0 Å². The van der Waals surface area contributed by atoms with Gasteiger partial charge in [0, 0.05) is 0 Å². The van der Waals surface area contributed by atoms with E-state index in [1.165, 1.54) is 14.0 Å². The van der Waals surface area contributed by atoms with Crippen LogP contribution in [-0.2, 0) is 14.3 Å². The summed E-state index contributed by atoms with van der Waals surface area (Å²) in [7, 11) is 1.26. The molecule has 0 saturated heterocycles. The number of hydrogen-bond donors (Lipinski definition) is 0. The van der Waals surface area contributed by atoms with E-state index in [1.54, 1.807) is 0 Å². The third kappa shape index (κ3) is 8.14. The fraction of sp³-hybridized carbons (Fsp3) is 0.600. The van der Waals surface area contributed by atoms with Gasteiger partial charge in [0.2, 0.25) is 0 Å². The fourth-order valence-electron chi connectivity index (χ4n) is 0.275. The van der Waals surface area contributed by atoms with E-state index in [1.807, 2.05) is 0 Å². The standard InChI is InChI=1S/C5H8O3.Na/c1-4(6)3-5(7)8-2;/h3H2,1-2H3;/q;+1. The Morgan fingerprint density at radius 3 is 2.00 bits per heavy atom. The van der Waals surface area contributed by atoms with Gasteiger partial charge < -0.3 is 4.74 Å². The first-order valence-electron chi connectivity index (χ1n) is 2.23. The molecule has 0 aliphatic heterocycles. The predicted octanol–water partition coefficient (Wildman–Crippen LogP) is -2.86. The normalized spacial score (nSPS) is 7.33. The van der Waals surface area contributed by atoms with Crippen LogP contribution >= 0.6 is 0 Å². The molecule has 0 rings (SSSR count). The van der Waals surface area contributed by atoms with Gasteiger partial charge in [-0.05, 0) is 6.92 Å². The van der Waals surface area contributed by atoms with Gasteiger partial charge >= 0.3 is 35.5 Å². The van der Waals surface area contributed by atoms with Crippen molar-refractivity contribution in [3.05, 3.63) is 0 Å². The molecule has 4 heteroatoms. The van der Waals surface area contributed by atoms with Gasteiger partial charge in [-0.3, -0.25) is 9.59 Å². The number of methoxy groups -OCH3 is 1. The topological polar surface area (TPSA) is 43.4 Å². The van der Waals surface area contributed by atoms with Crippen LogP contribution < -0.4 is 29.6 Å². The van der Waals surface area contributed by atoms with Crippen molar-refractivity contribution in [3.63, 3.8) is 0 Å². The second-order valence-corrected chi connectivity index (χ2v) is 1.45. The molecule has 0 unspecified atom stereocenters. The Morgan fingerprint density at radius 1 is 1.44 bits per heavy atom. The van der Waals surface area contributed by atoms with E-state index < -0.39 is 5.97 Å². The molecule has 0 aliphatic rings. The van der Waals surface area contributed by atoms with Crippen molar-refractivity contribution in [3.8, 4) is 0 Å². The van der Waals surface area contributed by atoms with E-state index in [2.05, 4.69) is 4.74 Å². The fourth-order valence-corrected chi connectivity index (χ4v) is 0.275. The zero-order valence-corrected chi connectivity index (χ0v) is 7.93. The monoisotopic (exact) mass is 139 g/mol. The van der Waals surface area contributed by atoms with Crippen molar-refractivity contribution >= 4 is 11.8 Å². The maximum absolute atomic E-state index is 10.2. The van der Waals surface area contributed by atoms with Crippen LogP contribution in [0.5, 0.6) is 0 Å². The number of Topliss-reactive ketones (excluding diaryl/α,β-unsaturated/α-hetero) is 1. The summed E-state index contributed by atoms with van der Waals surface area (Å²) < 4.78 is 4.20. The Kier molecular flexibility index (Phi) is 8.27. The minimum atomic E-state index is -0.475. The quantitative estimate of drug-likeness (QED) is 0.235. The molecule has 0 N–H and O–H groups in total. The molecule has 0 spiro atoms. The molecule has 0 atom stereocenters. The van der Waals surface area contributed by atoms with Gasteiger partial charge in [0.25, 0.3) is 0 Å². The first-order chi connectivity index (χ1) is 3.66. The van der Waals surface area contributed by atoms with Crippen molar-refractivity contribution in [2.75, 3.05) is 7.11 Å². The van der Waals surface area contributed by atoms with E-state index in [0.29, 0.717) is 0 Å². The molecular weight excluding hydrogens is 131 g/mol. The van der Waals surface area contributed by atoms with Crippen LogP contribution in [0.4, 0.5) is 0 Å². The predicted molar refractivity (Wildman–Crippen MR) is 27.3 cm³/mol. The van der Waals surface area contributed by atoms with Crippen LogP contribution in [0.1, 0.15) is 13.3 Å². The van der Waals surface area contributed by atoms with Crippen molar-refractivity contribution < 1.29 is 43.9 Å². The van der Waals surface area contributed by atoms with Crippen LogP contribution in [0, 0.1) is 0 Å². The second kappa shape index (κ2) is 6.26. The summed E-state index contributed by atoms with van der Waals surface area (Å²) in [6.07, 6.45) is -0.115. The van der Waals surface area contributed by atoms with Crippen molar-refractivity contribution in [1.82, 2.24) is 0 Å². The number of carbonyl (C=O) groups excluding carboxylic acids is 2. The van der Waals surface area contributed by atoms with Gasteiger partial charge in [-0.15, -0.1) is 0 Å². The number of hydrogen-bond acceptors (Lipinski definition) is 3. The number of ketones is 1. The third-order valence-corrected chi connectivity index (χ3v) is 0.621. The molecule has 9 heavy (non-hydrogen) atoms. The average molecular weight is 139 g/mol. The minimum absolute atomic E-state index is 0. The average Bonchev–Trinajstić information content (AvgIpc) is 1.65. The molecule has 0 amide bonds. The molecular formula is C5H8NaO3+. The number of carbonyl (C=O) groups is 2. The van der Waals surface area contributed by atoms with Crippen LogP contribution in [0.3, 0.4) is 0 Å². The molecule has 0 radical (unpaired) electrons. The maximum atomic E-state index is 10.2. The Bertz CT molecular complexity index is 111. The molecule has 0 heterocycles. The molecule has 0 aromatic rings. The minimum Gasteiger partial charge on any atom is -0.469 e. The van der Waals surface area contributed by atoms with Crippen LogP contribution in [0.2, 0.25) is 0 Å². The van der Waals surface area contributed by atoms with Crippen molar-refractivity contribution in [2.45, 2.75) is 13.3 Å². The number of ether oxygens (including phenoxy) is 1. The van der Waals surface area contributed by atoms with Crippen molar-refractivity contribution in [1.29, 1.82) is 0 Å². The summed E-state index contributed by atoms with van der Waals surface area (Å²) >= 11 is 0. The van der Waals surface area contributed by atoms with Crippen LogP contribution in [0.15, 0.2) is 0 Å². The Hall–Kier alpha value is 0.140. The van der Waals surface area contributed by atoms with Crippen LogP contribution in [-0.4, -0.2) is 18.9 Å². The van der Waals surface area contributed by atoms with E-state index in [9.17, 15) is 9.59 Å². The Morgan fingerprint density at radius 2 is 1.89 bits per heavy atom. The zero-order valence-electron chi connectivity index (χ0n) is 5.93. The molecule has 0 aromatic heterocycles. The summed E-state index contributed by atoms with van der Waals surface area (Å²) in [4.78, 5) is 20.3. The van der Waals surface area contributed by atoms with Gasteiger partial charge in [-0.25, -0.2) is 0 Å². The SMILES string of the molecule is COC(=O)CC(C)=O.[Na+]. The van der Waals surface area contributed by atoms with E-state index in [0.717, 1.165) is 0 Å². The number of rotatable bonds is 2. The number of esters is 1. The molecule has 0 fully saturated rings. The molecule has 0 saturated carbocycles. The van der Waals surface area contributed by atoms with E-state index in [4.69, 9.17) is 0 Å². The van der Waals surface area contributed by atoms with Gasteiger partial charge in [-0.2, -0.15) is 0 Å². The molecule has 0 aliphatic carbocycles. The molecule has 3 nitrogen and oxygen atoms in total. The second-order valence-electron chi connectivity index (χ2n) is 1.45. The molecule has 46 valence electrons. The summed E-state index contributed by atoms with van der Waals surface area (Å²) in [6.45, 7) is 1.34. The van der Waals surface area contributed by atoms with Gasteiger partial charge in [0.05, 0.1) is 7.11 Å². The summed E-state index contributed by atoms with van der Waals surface area (Å²) in [5, 5.41) is 0. The largest absolute Gasteiger partial charge is 1.00 e. The third-order valence-electron chi connectivity index (χ3n) is 0.621. The van der Waals surface area contributed by atoms with Gasteiger partial charge in [0.1, 0.15) is 12.2 Å². The maximum Gasteiger partial charge on any atom is 1.00 e. The van der Waals surface area contributed by atoms with Crippen molar-refractivity contribution in [2.24, 2.45) is 0 Å². The summed E-state index contributed by atoms with van der Waals surface area (Å²) in [5.41, 5.74) is 0. The molecule has 0 aromatic carbocycles. The Balaban J connectivity index is 0. The smallest absolute Gasteiger partial charge is 0.469 e. The first kappa shape index (κ1) is 11.9. The van der Waals surface area contributed by atoms with Gasteiger partial charge in [-0.1, -0.05) is 0 Å². The van der Waals surface area contributed by atoms with E-state index >= 15 is 0 Å². The Labute approximate surface area is 76.0 Å². The van der Waals surface area contributed by atoms with E-state index in [-0.39, 0.29) is 41.8 Å². The molecule has 0 bridgehead atoms. The summed E-state index contributed by atoms with van der Waals surface area (Å²) in [6, 6.07) is 0.